The zero-order valence-electron chi connectivity index (χ0n) is 16.3. The van der Waals surface area contributed by atoms with Crippen LogP contribution < -0.4 is 5.73 Å². The lowest BCUT2D eigenvalue weighted by molar-refractivity contribution is -0.139. The Morgan fingerprint density at radius 3 is 2.48 bits per heavy atom. The van der Waals surface area contributed by atoms with Gasteiger partial charge in [-0.15, -0.1) is 10.2 Å². The molecule has 0 amide bonds. The normalized spacial score (nSPS) is 13.1. The van der Waals surface area contributed by atoms with Crippen molar-refractivity contribution in [3.63, 3.8) is 0 Å². The Morgan fingerprint density at radius 1 is 1.14 bits per heavy atom. The van der Waals surface area contributed by atoms with E-state index in [4.69, 9.17) is 22.1 Å². The van der Waals surface area contributed by atoms with E-state index in [1.807, 2.05) is 59.2 Å². The fourth-order valence-electron chi connectivity index (χ4n) is 2.91. The summed E-state index contributed by atoms with van der Waals surface area (Å²) in [5.74, 6) is 0.361. The number of esters is 1. The minimum Gasteiger partial charge on any atom is -0.468 e. The van der Waals surface area contributed by atoms with Crippen molar-refractivity contribution in [2.75, 3.05) is 7.11 Å². The highest BCUT2D eigenvalue weighted by atomic mass is 35.5. The summed E-state index contributed by atoms with van der Waals surface area (Å²) in [4.78, 5) is 11.9. The van der Waals surface area contributed by atoms with Crippen LogP contribution in [0.25, 0.3) is 0 Å². The molecular formula is C21H23ClN4O2S. The van der Waals surface area contributed by atoms with E-state index in [0.717, 1.165) is 11.1 Å². The third-order valence-corrected chi connectivity index (χ3v) is 5.76. The number of halogens is 1. The van der Waals surface area contributed by atoms with Crippen LogP contribution in [-0.2, 0) is 22.5 Å². The minimum atomic E-state index is -0.404. The summed E-state index contributed by atoms with van der Waals surface area (Å²) in [5, 5.41) is 9.58. The Bertz CT molecular complexity index is 947. The summed E-state index contributed by atoms with van der Waals surface area (Å²) in [6.45, 7) is 2.35. The number of carbonyl (C=O) groups is 1. The largest absolute Gasteiger partial charge is 0.468 e. The Balaban J connectivity index is 1.88. The van der Waals surface area contributed by atoms with Crippen LogP contribution in [0.15, 0.2) is 59.8 Å². The third kappa shape index (κ3) is 5.59. The molecule has 0 spiro atoms. The van der Waals surface area contributed by atoms with E-state index in [2.05, 4.69) is 10.2 Å². The van der Waals surface area contributed by atoms with Crippen molar-refractivity contribution in [3.8, 4) is 0 Å². The molecule has 0 aliphatic heterocycles. The molecule has 2 unspecified atom stereocenters. The molecule has 2 N–H and O–H groups in total. The quantitative estimate of drug-likeness (QED) is 0.431. The Morgan fingerprint density at radius 2 is 1.83 bits per heavy atom. The van der Waals surface area contributed by atoms with Gasteiger partial charge in [0.2, 0.25) is 0 Å². The van der Waals surface area contributed by atoms with Gasteiger partial charge in [0.25, 0.3) is 0 Å². The number of hydrogen-bond acceptors (Lipinski definition) is 6. The number of rotatable bonds is 8. The van der Waals surface area contributed by atoms with Gasteiger partial charge in [-0.1, -0.05) is 65.8 Å². The fourth-order valence-corrected chi connectivity index (χ4v) is 3.92. The fraction of sp³-hybridized carbons (Fsp3) is 0.286. The van der Waals surface area contributed by atoms with Crippen LogP contribution >= 0.6 is 23.4 Å². The highest BCUT2D eigenvalue weighted by molar-refractivity contribution is 8.00. The van der Waals surface area contributed by atoms with Crippen LogP contribution in [0.2, 0.25) is 5.02 Å². The molecule has 152 valence electrons. The molecule has 2 atom stereocenters. The standard InChI is InChI=1S/C21H23ClN4O2S/c1-14(20(27)28-2)29-21-25-24-19(26(21)13-16-6-4-3-5-7-16)18(23)12-15-8-10-17(22)11-9-15/h3-11,14,18H,12-13,23H2,1-2H3. The number of benzene rings is 2. The van der Waals surface area contributed by atoms with Crippen LogP contribution in [0.1, 0.15) is 29.9 Å². The topological polar surface area (TPSA) is 83.0 Å². The first-order valence-corrected chi connectivity index (χ1v) is 10.4. The first-order valence-electron chi connectivity index (χ1n) is 9.19. The molecule has 0 aliphatic carbocycles. The summed E-state index contributed by atoms with van der Waals surface area (Å²) in [6, 6.07) is 17.2. The second-order valence-electron chi connectivity index (χ2n) is 6.63. The molecule has 29 heavy (non-hydrogen) atoms. The molecule has 6 nitrogen and oxygen atoms in total. The van der Waals surface area contributed by atoms with Gasteiger partial charge in [-0.2, -0.15) is 0 Å². The third-order valence-electron chi connectivity index (χ3n) is 4.44. The molecule has 0 saturated heterocycles. The number of ether oxygens (including phenoxy) is 1. The van der Waals surface area contributed by atoms with Crippen molar-refractivity contribution in [3.05, 3.63) is 76.6 Å². The number of methoxy groups -OCH3 is 1. The summed E-state index contributed by atoms with van der Waals surface area (Å²) in [6.07, 6.45) is 0.599. The van der Waals surface area contributed by atoms with Crippen molar-refractivity contribution in [2.45, 2.75) is 36.3 Å². The molecular weight excluding hydrogens is 408 g/mol. The van der Waals surface area contributed by atoms with Gasteiger partial charge < -0.3 is 15.0 Å². The number of nitrogens with two attached hydrogens (primary N) is 1. The Kier molecular flexibility index (Phi) is 7.30. The maximum absolute atomic E-state index is 11.9. The van der Waals surface area contributed by atoms with Gasteiger partial charge in [0.05, 0.1) is 19.7 Å². The van der Waals surface area contributed by atoms with Gasteiger partial charge in [0.15, 0.2) is 11.0 Å². The van der Waals surface area contributed by atoms with Gasteiger partial charge in [-0.25, -0.2) is 0 Å². The second-order valence-corrected chi connectivity index (χ2v) is 8.38. The highest BCUT2D eigenvalue weighted by Crippen LogP contribution is 2.27. The lowest BCUT2D eigenvalue weighted by Gasteiger charge is -2.16. The van der Waals surface area contributed by atoms with Crippen LogP contribution in [-0.4, -0.2) is 33.1 Å². The van der Waals surface area contributed by atoms with E-state index < -0.39 is 5.25 Å². The molecule has 3 rings (SSSR count). The van der Waals surface area contributed by atoms with Crippen molar-refractivity contribution < 1.29 is 9.53 Å². The van der Waals surface area contributed by atoms with Crippen molar-refractivity contribution >= 4 is 29.3 Å². The average Bonchev–Trinajstić information content (AvgIpc) is 3.12. The molecule has 1 heterocycles. The van der Waals surface area contributed by atoms with Gasteiger partial charge in [0, 0.05) is 5.02 Å². The molecule has 1 aromatic heterocycles. The second kappa shape index (κ2) is 9.91. The SMILES string of the molecule is COC(=O)C(C)Sc1nnc(C(N)Cc2ccc(Cl)cc2)n1Cc1ccccc1. The van der Waals surface area contributed by atoms with Gasteiger partial charge in [-0.3, -0.25) is 4.79 Å². The molecule has 3 aromatic rings. The first kappa shape index (κ1) is 21.4. The zero-order valence-corrected chi connectivity index (χ0v) is 17.9. The van der Waals surface area contributed by atoms with E-state index in [0.29, 0.717) is 29.0 Å². The smallest absolute Gasteiger partial charge is 0.318 e. The van der Waals surface area contributed by atoms with Gasteiger partial charge in [-0.05, 0) is 36.6 Å². The molecule has 0 aliphatic rings. The summed E-state index contributed by atoms with van der Waals surface area (Å²) < 4.78 is 6.80. The number of thioether (sulfide) groups is 1. The van der Waals surface area contributed by atoms with Crippen LogP contribution in [0.5, 0.6) is 0 Å². The zero-order chi connectivity index (χ0) is 20.8. The summed E-state index contributed by atoms with van der Waals surface area (Å²) in [7, 11) is 1.38. The predicted octanol–water partition coefficient (Wildman–Crippen LogP) is 3.88. The lowest BCUT2D eigenvalue weighted by Crippen LogP contribution is -2.21. The average molecular weight is 431 g/mol. The van der Waals surface area contributed by atoms with E-state index >= 15 is 0 Å². The van der Waals surface area contributed by atoms with Crippen molar-refractivity contribution in [2.24, 2.45) is 5.73 Å². The van der Waals surface area contributed by atoms with Crippen LogP contribution in [0.4, 0.5) is 0 Å². The molecule has 2 aromatic carbocycles. The molecule has 0 radical (unpaired) electrons. The van der Waals surface area contributed by atoms with Crippen LogP contribution in [0.3, 0.4) is 0 Å². The number of aromatic nitrogens is 3. The Hall–Kier alpha value is -2.35. The van der Waals surface area contributed by atoms with E-state index in [9.17, 15) is 4.79 Å². The van der Waals surface area contributed by atoms with E-state index in [1.165, 1.54) is 18.9 Å². The number of nitrogens with zero attached hydrogens (tertiary/aromatic N) is 3. The molecule has 0 bridgehead atoms. The van der Waals surface area contributed by atoms with Crippen molar-refractivity contribution in [1.29, 1.82) is 0 Å². The maximum Gasteiger partial charge on any atom is 0.318 e. The molecule has 0 fully saturated rings. The monoisotopic (exact) mass is 430 g/mol. The highest BCUT2D eigenvalue weighted by Gasteiger charge is 2.23. The van der Waals surface area contributed by atoms with Gasteiger partial charge >= 0.3 is 5.97 Å². The van der Waals surface area contributed by atoms with Crippen molar-refractivity contribution in [1.82, 2.24) is 14.8 Å². The molecule has 8 heteroatoms. The van der Waals surface area contributed by atoms with Gasteiger partial charge in [0.1, 0.15) is 5.25 Å². The number of carbonyl (C=O) groups excluding carboxylic acids is 1. The minimum absolute atomic E-state index is 0.309. The predicted molar refractivity (Wildman–Crippen MR) is 115 cm³/mol. The first-order chi connectivity index (χ1) is 14.0. The lowest BCUT2D eigenvalue weighted by atomic mass is 10.1. The number of hydrogen-bond donors (Lipinski definition) is 1. The van der Waals surface area contributed by atoms with E-state index in [-0.39, 0.29) is 12.0 Å². The van der Waals surface area contributed by atoms with E-state index in [1.54, 1.807) is 6.92 Å². The summed E-state index contributed by atoms with van der Waals surface area (Å²) >= 11 is 7.28. The Labute approximate surface area is 179 Å². The van der Waals surface area contributed by atoms with Crippen LogP contribution in [0, 0.1) is 0 Å². The maximum atomic E-state index is 11.9. The molecule has 0 saturated carbocycles. The summed E-state index contributed by atoms with van der Waals surface area (Å²) in [5.41, 5.74) is 8.65.